The number of thiophene rings is 1. The lowest BCUT2D eigenvalue weighted by molar-refractivity contribution is 0.0747. The molecule has 2 aromatic heterocycles. The number of nitrogens with zero attached hydrogens (tertiary/aromatic N) is 4. The third kappa shape index (κ3) is 5.07. The summed E-state index contributed by atoms with van der Waals surface area (Å²) in [6, 6.07) is 23.8. The van der Waals surface area contributed by atoms with E-state index in [0.717, 1.165) is 33.1 Å². The number of piperazine rings is 1. The van der Waals surface area contributed by atoms with Gasteiger partial charge in [-0.2, -0.15) is 0 Å². The van der Waals surface area contributed by atoms with Gasteiger partial charge in [0, 0.05) is 49.3 Å². The Morgan fingerprint density at radius 2 is 1.67 bits per heavy atom. The van der Waals surface area contributed by atoms with Gasteiger partial charge in [0.25, 0.3) is 5.91 Å². The minimum atomic E-state index is 0.0655. The summed E-state index contributed by atoms with van der Waals surface area (Å²) in [6.07, 6.45) is 1.74. The maximum absolute atomic E-state index is 13.0. The molecule has 1 aliphatic rings. The molecule has 0 unspecified atom stereocenters. The van der Waals surface area contributed by atoms with Crippen molar-refractivity contribution >= 4 is 50.5 Å². The molecule has 2 aromatic carbocycles. The first kappa shape index (κ1) is 21.6. The molecule has 33 heavy (non-hydrogen) atoms. The number of halogens is 1. The monoisotopic (exact) mass is 519 g/mol. The highest BCUT2D eigenvalue weighted by Gasteiger charge is 2.22. The van der Waals surface area contributed by atoms with E-state index < -0.39 is 0 Å². The van der Waals surface area contributed by atoms with Crippen molar-refractivity contribution in [3.63, 3.8) is 0 Å². The van der Waals surface area contributed by atoms with E-state index in [9.17, 15) is 4.79 Å². The Morgan fingerprint density at radius 1 is 0.909 bits per heavy atom. The molecule has 0 spiro atoms. The van der Waals surface area contributed by atoms with Crippen molar-refractivity contribution in [1.29, 1.82) is 0 Å². The summed E-state index contributed by atoms with van der Waals surface area (Å²) in [4.78, 5) is 27.2. The van der Waals surface area contributed by atoms with Gasteiger partial charge in [-0.25, -0.2) is 9.97 Å². The van der Waals surface area contributed by atoms with E-state index >= 15 is 0 Å². The van der Waals surface area contributed by atoms with Crippen LogP contribution < -0.4 is 10.2 Å². The molecule has 0 atom stereocenters. The molecule has 0 radical (unpaired) electrons. The minimum absolute atomic E-state index is 0.0655. The van der Waals surface area contributed by atoms with Crippen LogP contribution in [0, 0.1) is 0 Å². The largest absolute Gasteiger partial charge is 0.368 e. The van der Waals surface area contributed by atoms with Gasteiger partial charge in [0.15, 0.2) is 0 Å². The van der Waals surface area contributed by atoms with Crippen LogP contribution in [0.4, 0.5) is 17.3 Å². The fourth-order valence-electron chi connectivity index (χ4n) is 3.82. The van der Waals surface area contributed by atoms with Crippen LogP contribution in [0.15, 0.2) is 82.8 Å². The van der Waals surface area contributed by atoms with Gasteiger partial charge >= 0.3 is 0 Å². The van der Waals surface area contributed by atoms with E-state index in [-0.39, 0.29) is 5.91 Å². The average molecular weight is 520 g/mol. The molecule has 0 aliphatic carbocycles. The second kappa shape index (κ2) is 9.72. The number of anilines is 3. The van der Waals surface area contributed by atoms with E-state index in [2.05, 4.69) is 48.2 Å². The molecule has 1 aliphatic heterocycles. The molecule has 4 aromatic rings. The van der Waals surface area contributed by atoms with Crippen LogP contribution in [0.3, 0.4) is 0 Å². The predicted molar refractivity (Wildman–Crippen MR) is 137 cm³/mol. The van der Waals surface area contributed by atoms with Gasteiger partial charge < -0.3 is 15.1 Å². The topological polar surface area (TPSA) is 61.4 Å². The van der Waals surface area contributed by atoms with Crippen molar-refractivity contribution in [3.05, 3.63) is 88.3 Å². The predicted octanol–water partition coefficient (Wildman–Crippen LogP) is 5.67. The molecule has 0 saturated carbocycles. The lowest BCUT2D eigenvalue weighted by Gasteiger charge is -2.36. The number of carbonyl (C=O) groups excluding carboxylic acids is 1. The van der Waals surface area contributed by atoms with E-state index in [0.29, 0.717) is 24.6 Å². The number of para-hydroxylation sites is 1. The fraction of sp³-hybridized carbons (Fsp3) is 0.160. The Morgan fingerprint density at radius 3 is 2.36 bits per heavy atom. The van der Waals surface area contributed by atoms with Crippen molar-refractivity contribution in [2.75, 3.05) is 36.4 Å². The summed E-state index contributed by atoms with van der Waals surface area (Å²) in [5.41, 5.74) is 3.60. The van der Waals surface area contributed by atoms with Crippen molar-refractivity contribution < 1.29 is 4.79 Å². The summed E-state index contributed by atoms with van der Waals surface area (Å²) in [5.74, 6) is 0.587. The van der Waals surface area contributed by atoms with Gasteiger partial charge in [-0.3, -0.25) is 4.79 Å². The smallest absolute Gasteiger partial charge is 0.253 e. The zero-order chi connectivity index (χ0) is 22.6. The van der Waals surface area contributed by atoms with Gasteiger partial charge in [0.1, 0.15) is 0 Å². The highest BCUT2D eigenvalue weighted by atomic mass is 79.9. The van der Waals surface area contributed by atoms with Gasteiger partial charge in [0.2, 0.25) is 5.95 Å². The Labute approximate surface area is 205 Å². The summed E-state index contributed by atoms with van der Waals surface area (Å²) >= 11 is 5.12. The lowest BCUT2D eigenvalue weighted by Crippen LogP contribution is -2.48. The maximum atomic E-state index is 13.0. The normalized spacial score (nSPS) is 13.7. The van der Waals surface area contributed by atoms with Crippen LogP contribution in [-0.4, -0.2) is 47.0 Å². The summed E-state index contributed by atoms with van der Waals surface area (Å²) in [7, 11) is 0. The van der Waals surface area contributed by atoms with E-state index in [4.69, 9.17) is 0 Å². The molecular formula is C25H22BrN5OS. The molecule has 166 valence electrons. The molecular weight excluding hydrogens is 498 g/mol. The maximum Gasteiger partial charge on any atom is 0.253 e. The Hall–Kier alpha value is -3.23. The van der Waals surface area contributed by atoms with Crippen molar-refractivity contribution in [1.82, 2.24) is 14.9 Å². The standard InChI is InChI=1S/C25H22BrN5OS/c26-23-11-10-22(33-23)21-12-13-27-25(29-21)28-19-8-6-18(7-9-19)24(32)31-16-14-30(15-17-31)20-4-2-1-3-5-20/h1-13H,14-17H2,(H,27,28,29). The second-order valence-corrected chi connectivity index (χ2v) is 10.1. The first-order chi connectivity index (χ1) is 16.2. The van der Waals surface area contributed by atoms with Crippen LogP contribution in [0.25, 0.3) is 10.6 Å². The van der Waals surface area contributed by atoms with Crippen LogP contribution in [-0.2, 0) is 0 Å². The van der Waals surface area contributed by atoms with Crippen LogP contribution in [0.1, 0.15) is 10.4 Å². The summed E-state index contributed by atoms with van der Waals surface area (Å²) in [6.45, 7) is 3.11. The molecule has 0 bridgehead atoms. The zero-order valence-corrected chi connectivity index (χ0v) is 20.2. The number of amides is 1. The molecule has 1 amide bonds. The Kier molecular flexibility index (Phi) is 6.37. The third-order valence-corrected chi connectivity index (χ3v) is 7.20. The van der Waals surface area contributed by atoms with Crippen LogP contribution in [0.5, 0.6) is 0 Å². The van der Waals surface area contributed by atoms with Gasteiger partial charge in [-0.15, -0.1) is 11.3 Å². The van der Waals surface area contributed by atoms with E-state index in [1.54, 1.807) is 17.5 Å². The van der Waals surface area contributed by atoms with Crippen LogP contribution in [0.2, 0.25) is 0 Å². The van der Waals surface area contributed by atoms with Crippen molar-refractivity contribution in [2.45, 2.75) is 0 Å². The highest BCUT2D eigenvalue weighted by molar-refractivity contribution is 9.11. The number of hydrogen-bond acceptors (Lipinski definition) is 6. The third-order valence-electron chi connectivity index (χ3n) is 5.56. The molecule has 1 saturated heterocycles. The lowest BCUT2D eigenvalue weighted by atomic mass is 10.1. The zero-order valence-electron chi connectivity index (χ0n) is 17.8. The van der Waals surface area contributed by atoms with Crippen LogP contribution >= 0.6 is 27.3 Å². The molecule has 8 heteroatoms. The van der Waals surface area contributed by atoms with Crippen molar-refractivity contribution in [3.8, 4) is 10.6 Å². The minimum Gasteiger partial charge on any atom is -0.368 e. The number of nitrogens with one attached hydrogen (secondary N) is 1. The molecule has 6 nitrogen and oxygen atoms in total. The van der Waals surface area contributed by atoms with Gasteiger partial charge in [-0.05, 0) is 70.5 Å². The molecule has 3 heterocycles. The first-order valence-electron chi connectivity index (χ1n) is 10.7. The average Bonchev–Trinajstić information content (AvgIpc) is 3.31. The fourth-order valence-corrected chi connectivity index (χ4v) is 5.18. The SMILES string of the molecule is O=C(c1ccc(Nc2nccc(-c3ccc(Br)s3)n2)cc1)N1CCN(c2ccccc2)CC1. The summed E-state index contributed by atoms with van der Waals surface area (Å²) in [5, 5.41) is 3.23. The van der Waals surface area contributed by atoms with E-state index in [1.165, 1.54) is 5.69 Å². The Bertz CT molecular complexity index is 1240. The van der Waals surface area contributed by atoms with E-state index in [1.807, 2.05) is 65.6 Å². The number of carbonyl (C=O) groups is 1. The second-order valence-electron chi connectivity index (χ2n) is 7.69. The number of benzene rings is 2. The van der Waals surface area contributed by atoms with Gasteiger partial charge in [0.05, 0.1) is 14.4 Å². The quantitative estimate of drug-likeness (QED) is 0.367. The van der Waals surface area contributed by atoms with Crippen molar-refractivity contribution in [2.24, 2.45) is 0 Å². The number of hydrogen-bond donors (Lipinski definition) is 1. The van der Waals surface area contributed by atoms with Gasteiger partial charge in [-0.1, -0.05) is 18.2 Å². The summed E-state index contributed by atoms with van der Waals surface area (Å²) < 4.78 is 1.06. The molecule has 5 rings (SSSR count). The number of aromatic nitrogens is 2. The Balaban J connectivity index is 1.21. The number of rotatable bonds is 5. The molecule has 1 N–H and O–H groups in total. The molecule has 1 fully saturated rings. The highest BCUT2D eigenvalue weighted by Crippen LogP contribution is 2.30. The first-order valence-corrected chi connectivity index (χ1v) is 12.3.